The zero-order valence-corrected chi connectivity index (χ0v) is 12.7. The maximum Gasteiger partial charge on any atom is 0.241 e. The van der Waals surface area contributed by atoms with Crippen LogP contribution in [0.15, 0.2) is 27.6 Å². The first kappa shape index (κ1) is 15.4. The molecule has 18 heavy (non-hydrogen) atoms. The van der Waals surface area contributed by atoms with Crippen LogP contribution in [0.5, 0.6) is 0 Å². The van der Waals surface area contributed by atoms with Gasteiger partial charge in [-0.2, -0.15) is 0 Å². The quantitative estimate of drug-likeness (QED) is 0.707. The minimum atomic E-state index is -3.61. The van der Waals surface area contributed by atoms with Gasteiger partial charge in [0.15, 0.2) is 0 Å². The van der Waals surface area contributed by atoms with Crippen molar-refractivity contribution in [3.63, 3.8) is 0 Å². The molecule has 0 aromatic heterocycles. The van der Waals surface area contributed by atoms with E-state index in [1.165, 1.54) is 18.2 Å². The molecule has 0 bridgehead atoms. The molecule has 0 fully saturated rings. The third kappa shape index (κ3) is 3.94. The number of rotatable bonds is 5. The van der Waals surface area contributed by atoms with Crippen LogP contribution in [0.2, 0.25) is 0 Å². The lowest BCUT2D eigenvalue weighted by molar-refractivity contribution is 0.163. The van der Waals surface area contributed by atoms with E-state index in [4.69, 9.17) is 10.8 Å². The number of anilines is 1. The summed E-state index contributed by atoms with van der Waals surface area (Å²) in [5.41, 5.74) is 5.53. The Balaban J connectivity index is 2.94. The molecule has 0 radical (unpaired) electrons. The Kier molecular flexibility index (Phi) is 4.77. The van der Waals surface area contributed by atoms with Crippen LogP contribution in [-0.4, -0.2) is 26.7 Å². The summed E-state index contributed by atoms with van der Waals surface area (Å²) in [5.74, 6) is 0. The number of aliphatic hydroxyl groups excluding tert-OH is 1. The predicted molar refractivity (Wildman–Crippen MR) is 74.6 cm³/mol. The lowest BCUT2D eigenvalue weighted by atomic mass is 9.96. The molecule has 0 atom stereocenters. The molecular weight excluding hydrogens is 320 g/mol. The van der Waals surface area contributed by atoms with Gasteiger partial charge in [0.1, 0.15) is 0 Å². The summed E-state index contributed by atoms with van der Waals surface area (Å²) in [5, 5.41) is 9.09. The molecule has 0 spiro atoms. The van der Waals surface area contributed by atoms with E-state index in [2.05, 4.69) is 20.7 Å². The fourth-order valence-electron chi connectivity index (χ4n) is 1.16. The van der Waals surface area contributed by atoms with E-state index in [1.807, 2.05) is 0 Å². The van der Waals surface area contributed by atoms with E-state index in [9.17, 15) is 8.42 Å². The zero-order chi connectivity index (χ0) is 14.0. The molecule has 0 heterocycles. The van der Waals surface area contributed by atoms with Gasteiger partial charge in [0, 0.05) is 28.7 Å². The first-order valence-electron chi connectivity index (χ1n) is 5.33. The average Bonchev–Trinajstić information content (AvgIpc) is 2.26. The van der Waals surface area contributed by atoms with Gasteiger partial charge in [-0.1, -0.05) is 13.8 Å². The fourth-order valence-corrected chi connectivity index (χ4v) is 3.49. The van der Waals surface area contributed by atoms with Crippen molar-refractivity contribution in [3.8, 4) is 0 Å². The number of halogens is 1. The highest BCUT2D eigenvalue weighted by Crippen LogP contribution is 2.24. The van der Waals surface area contributed by atoms with E-state index in [-0.39, 0.29) is 18.0 Å². The highest BCUT2D eigenvalue weighted by molar-refractivity contribution is 9.10. The van der Waals surface area contributed by atoms with E-state index in [0.717, 1.165) is 0 Å². The summed E-state index contributed by atoms with van der Waals surface area (Å²) < 4.78 is 27.0. The Morgan fingerprint density at radius 1 is 1.44 bits per heavy atom. The largest absolute Gasteiger partial charge is 0.399 e. The second kappa shape index (κ2) is 5.56. The van der Waals surface area contributed by atoms with Crippen molar-refractivity contribution >= 4 is 31.6 Å². The van der Waals surface area contributed by atoms with E-state index in [1.54, 1.807) is 13.8 Å². The minimum absolute atomic E-state index is 0.0988. The number of benzene rings is 1. The Morgan fingerprint density at radius 3 is 2.56 bits per heavy atom. The van der Waals surface area contributed by atoms with Gasteiger partial charge in [0.05, 0.1) is 4.90 Å². The second-order valence-corrected chi connectivity index (χ2v) is 7.43. The molecule has 5 nitrogen and oxygen atoms in total. The number of nitrogens with one attached hydrogen (secondary N) is 1. The molecule has 0 aliphatic rings. The first-order valence-corrected chi connectivity index (χ1v) is 7.61. The lowest BCUT2D eigenvalue weighted by Crippen LogP contribution is -2.36. The predicted octanol–water partition coefficient (Wildman–Crippen LogP) is 1.33. The third-order valence-corrected chi connectivity index (χ3v) is 4.79. The van der Waals surface area contributed by atoms with Gasteiger partial charge in [-0.3, -0.25) is 0 Å². The van der Waals surface area contributed by atoms with Gasteiger partial charge in [-0.25, -0.2) is 13.1 Å². The molecule has 0 amide bonds. The number of hydrogen-bond acceptors (Lipinski definition) is 4. The van der Waals surface area contributed by atoms with E-state index in [0.29, 0.717) is 10.2 Å². The van der Waals surface area contributed by atoms with Crippen molar-refractivity contribution in [2.45, 2.75) is 18.7 Å². The zero-order valence-electron chi connectivity index (χ0n) is 10.3. The first-order chi connectivity index (χ1) is 8.18. The average molecular weight is 337 g/mol. The maximum atomic E-state index is 12.1. The summed E-state index contributed by atoms with van der Waals surface area (Å²) in [6, 6.07) is 4.50. The molecule has 1 rings (SSSR count). The molecule has 0 aliphatic heterocycles. The van der Waals surface area contributed by atoms with Gasteiger partial charge in [0.2, 0.25) is 10.0 Å². The van der Waals surface area contributed by atoms with Gasteiger partial charge < -0.3 is 10.8 Å². The molecule has 4 N–H and O–H groups in total. The van der Waals surface area contributed by atoms with Crippen molar-refractivity contribution in [1.29, 1.82) is 0 Å². The fraction of sp³-hybridized carbons (Fsp3) is 0.455. The molecule has 1 aromatic rings. The molecule has 0 saturated heterocycles. The van der Waals surface area contributed by atoms with Crippen LogP contribution in [0.4, 0.5) is 5.69 Å². The normalized spacial score (nSPS) is 12.7. The highest BCUT2D eigenvalue weighted by Gasteiger charge is 2.23. The van der Waals surface area contributed by atoms with Crippen LogP contribution in [0.25, 0.3) is 0 Å². The topological polar surface area (TPSA) is 92.4 Å². The van der Waals surface area contributed by atoms with Gasteiger partial charge >= 0.3 is 0 Å². The molecule has 0 aliphatic carbocycles. The van der Waals surface area contributed by atoms with E-state index < -0.39 is 15.4 Å². The standard InChI is InChI=1S/C11H17BrN2O3S/c1-11(2,7-15)6-14-18(16,17)10-4-3-8(13)5-9(10)12/h3-5,14-15H,6-7,13H2,1-2H3. The summed E-state index contributed by atoms with van der Waals surface area (Å²) >= 11 is 3.17. The summed E-state index contributed by atoms with van der Waals surface area (Å²) in [6.45, 7) is 3.60. The summed E-state index contributed by atoms with van der Waals surface area (Å²) in [7, 11) is -3.61. The van der Waals surface area contributed by atoms with Gasteiger partial charge in [-0.15, -0.1) is 0 Å². The van der Waals surface area contributed by atoms with Gasteiger partial charge in [-0.05, 0) is 34.1 Å². The van der Waals surface area contributed by atoms with Crippen molar-refractivity contribution in [2.24, 2.45) is 5.41 Å². The number of nitrogens with two attached hydrogens (primary N) is 1. The minimum Gasteiger partial charge on any atom is -0.399 e. The molecule has 7 heteroatoms. The third-order valence-electron chi connectivity index (χ3n) is 2.41. The Morgan fingerprint density at radius 2 is 2.06 bits per heavy atom. The SMILES string of the molecule is CC(C)(CO)CNS(=O)(=O)c1ccc(N)cc1Br. The van der Waals surface area contributed by atoms with E-state index >= 15 is 0 Å². The smallest absolute Gasteiger partial charge is 0.241 e. The van der Waals surface area contributed by atoms with Crippen molar-refractivity contribution in [2.75, 3.05) is 18.9 Å². The number of nitrogen functional groups attached to an aromatic ring is 1. The van der Waals surface area contributed by atoms with Crippen molar-refractivity contribution < 1.29 is 13.5 Å². The molecule has 0 saturated carbocycles. The van der Waals surface area contributed by atoms with Crippen LogP contribution in [-0.2, 0) is 10.0 Å². The Hall–Kier alpha value is -0.630. The highest BCUT2D eigenvalue weighted by atomic mass is 79.9. The molecule has 1 aromatic carbocycles. The van der Waals surface area contributed by atoms with Crippen LogP contribution in [0, 0.1) is 5.41 Å². The van der Waals surface area contributed by atoms with Gasteiger partial charge in [0.25, 0.3) is 0 Å². The number of hydrogen-bond donors (Lipinski definition) is 3. The summed E-state index contributed by atoms with van der Waals surface area (Å²) in [4.78, 5) is 0.130. The van der Waals surface area contributed by atoms with Crippen LogP contribution < -0.4 is 10.5 Å². The summed E-state index contributed by atoms with van der Waals surface area (Å²) in [6.07, 6.45) is 0. The van der Waals surface area contributed by atoms with Crippen molar-refractivity contribution in [3.05, 3.63) is 22.7 Å². The molecule has 0 unspecified atom stereocenters. The van der Waals surface area contributed by atoms with Crippen LogP contribution >= 0.6 is 15.9 Å². The lowest BCUT2D eigenvalue weighted by Gasteiger charge is -2.22. The number of aliphatic hydroxyl groups is 1. The monoisotopic (exact) mass is 336 g/mol. The Bertz CT molecular complexity index is 529. The van der Waals surface area contributed by atoms with Crippen LogP contribution in [0.3, 0.4) is 0 Å². The molecular formula is C11H17BrN2O3S. The molecule has 102 valence electrons. The second-order valence-electron chi connectivity index (χ2n) is 4.84. The van der Waals surface area contributed by atoms with Crippen LogP contribution in [0.1, 0.15) is 13.8 Å². The van der Waals surface area contributed by atoms with Crippen molar-refractivity contribution in [1.82, 2.24) is 4.72 Å². The Labute approximate surface area is 116 Å². The maximum absolute atomic E-state index is 12.1. The number of sulfonamides is 1.